The van der Waals surface area contributed by atoms with E-state index in [1.165, 1.54) is 0 Å². The highest BCUT2D eigenvalue weighted by atomic mass is 35.6. The molecule has 6 heteroatoms. The molecule has 0 spiro atoms. The zero-order chi connectivity index (χ0) is 18.4. The van der Waals surface area contributed by atoms with Gasteiger partial charge in [-0.1, -0.05) is 77.3 Å². The Kier molecular flexibility index (Phi) is 6.49. The topological polar surface area (TPSA) is 34.4 Å². The molecule has 3 aromatic rings. The normalized spacial score (nSPS) is 12.7. The van der Waals surface area contributed by atoms with Crippen LogP contribution >= 0.6 is 34.8 Å². The van der Waals surface area contributed by atoms with Gasteiger partial charge >= 0.3 is 0 Å². The molecule has 1 heterocycles. The number of furan rings is 1. The number of ether oxygens (including phenoxy) is 1. The summed E-state index contributed by atoms with van der Waals surface area (Å²) in [7, 11) is 0. The fourth-order valence-corrected chi connectivity index (χ4v) is 3.15. The maximum absolute atomic E-state index is 6.16. The minimum atomic E-state index is -1.50. The molecule has 1 unspecified atom stereocenters. The first-order chi connectivity index (χ1) is 12.5. The average molecular weight is 411 g/mol. The minimum absolute atomic E-state index is 0.456. The fraction of sp³-hybridized carbons (Fsp3) is 0.200. The Morgan fingerprint density at radius 3 is 2.27 bits per heavy atom. The molecule has 0 amide bonds. The maximum Gasteiger partial charge on any atom is 0.209 e. The zero-order valence-corrected chi connectivity index (χ0v) is 16.1. The van der Waals surface area contributed by atoms with Crippen molar-refractivity contribution in [2.45, 2.75) is 23.0 Å². The van der Waals surface area contributed by atoms with Crippen molar-refractivity contribution in [3.8, 4) is 5.75 Å². The molecule has 0 aliphatic carbocycles. The summed E-state index contributed by atoms with van der Waals surface area (Å²) >= 11 is 18.5. The molecule has 0 saturated heterocycles. The quantitative estimate of drug-likeness (QED) is 0.481. The van der Waals surface area contributed by atoms with E-state index >= 15 is 0 Å². The van der Waals surface area contributed by atoms with Crippen molar-refractivity contribution in [2.24, 2.45) is 0 Å². The number of hydrogen-bond acceptors (Lipinski definition) is 3. The molecule has 0 aliphatic heterocycles. The molecular formula is C20H18Cl3NO2. The first kappa shape index (κ1) is 19.1. The number of halogens is 3. The summed E-state index contributed by atoms with van der Waals surface area (Å²) in [5.74, 6) is 1.53. The molecule has 2 aromatic carbocycles. The fourth-order valence-electron chi connectivity index (χ4n) is 2.54. The molecule has 0 aliphatic rings. The molecule has 136 valence electrons. The highest BCUT2D eigenvalue weighted by Gasteiger charge is 2.33. The molecule has 1 atom stereocenters. The van der Waals surface area contributed by atoms with E-state index < -0.39 is 9.83 Å². The Morgan fingerprint density at radius 1 is 0.923 bits per heavy atom. The third-order valence-corrected chi connectivity index (χ3v) is 4.50. The van der Waals surface area contributed by atoms with Crippen molar-refractivity contribution in [2.75, 3.05) is 0 Å². The second kappa shape index (κ2) is 8.83. The zero-order valence-electron chi connectivity index (χ0n) is 13.9. The molecule has 0 radical (unpaired) electrons. The van der Waals surface area contributed by atoms with Crippen LogP contribution in [0.2, 0.25) is 0 Å². The van der Waals surface area contributed by atoms with E-state index in [-0.39, 0.29) is 0 Å². The van der Waals surface area contributed by atoms with Crippen molar-refractivity contribution in [3.05, 3.63) is 89.9 Å². The van der Waals surface area contributed by atoms with Crippen LogP contribution in [0.25, 0.3) is 0 Å². The average Bonchev–Trinajstić information content (AvgIpc) is 3.14. The van der Waals surface area contributed by atoms with Gasteiger partial charge in [0.2, 0.25) is 3.79 Å². The summed E-state index contributed by atoms with van der Waals surface area (Å²) in [6.45, 7) is 0.961. The van der Waals surface area contributed by atoms with E-state index in [1.54, 1.807) is 6.26 Å². The van der Waals surface area contributed by atoms with Gasteiger partial charge in [0.1, 0.15) is 18.1 Å². The van der Waals surface area contributed by atoms with Crippen LogP contribution in [-0.2, 0) is 13.2 Å². The van der Waals surface area contributed by atoms with Gasteiger partial charge in [0, 0.05) is 0 Å². The van der Waals surface area contributed by atoms with Crippen LogP contribution in [0, 0.1) is 0 Å². The predicted molar refractivity (Wildman–Crippen MR) is 106 cm³/mol. The van der Waals surface area contributed by atoms with Crippen LogP contribution in [-0.4, -0.2) is 3.79 Å². The van der Waals surface area contributed by atoms with E-state index in [1.807, 2.05) is 66.7 Å². The van der Waals surface area contributed by atoms with Crippen molar-refractivity contribution in [1.82, 2.24) is 5.32 Å². The maximum atomic E-state index is 6.16. The van der Waals surface area contributed by atoms with Crippen LogP contribution in [0.3, 0.4) is 0 Å². The highest BCUT2D eigenvalue weighted by Crippen LogP contribution is 2.40. The van der Waals surface area contributed by atoms with Crippen LogP contribution in [0.4, 0.5) is 0 Å². The second-order valence-electron chi connectivity index (χ2n) is 5.78. The van der Waals surface area contributed by atoms with E-state index in [2.05, 4.69) is 5.32 Å². The highest BCUT2D eigenvalue weighted by molar-refractivity contribution is 6.68. The summed E-state index contributed by atoms with van der Waals surface area (Å²) < 4.78 is 9.61. The standard InChI is InChI=1S/C20H18Cl3NO2/c21-20(22,23)19(24-13-18-7-4-12-25-18)16-8-10-17(11-9-16)26-14-15-5-2-1-3-6-15/h1-12,19,24H,13-14H2. The smallest absolute Gasteiger partial charge is 0.209 e. The summed E-state index contributed by atoms with van der Waals surface area (Å²) in [6, 6.07) is 20.7. The van der Waals surface area contributed by atoms with Gasteiger partial charge in [0.25, 0.3) is 0 Å². The number of nitrogens with one attached hydrogen (secondary N) is 1. The number of benzene rings is 2. The molecule has 0 saturated carbocycles. The molecule has 1 aromatic heterocycles. The van der Waals surface area contributed by atoms with E-state index in [4.69, 9.17) is 44.0 Å². The Labute approximate surface area is 167 Å². The SMILES string of the molecule is ClC(Cl)(Cl)C(NCc1ccco1)c1ccc(OCc2ccccc2)cc1. The van der Waals surface area contributed by atoms with E-state index in [0.29, 0.717) is 13.2 Å². The summed E-state index contributed by atoms with van der Waals surface area (Å²) in [5, 5.41) is 3.23. The van der Waals surface area contributed by atoms with Crippen molar-refractivity contribution in [3.63, 3.8) is 0 Å². The Hall–Kier alpha value is -1.65. The van der Waals surface area contributed by atoms with Gasteiger partial charge in [-0.05, 0) is 35.4 Å². The van der Waals surface area contributed by atoms with Crippen molar-refractivity contribution in [1.29, 1.82) is 0 Å². The predicted octanol–water partition coefficient (Wildman–Crippen LogP) is 6.06. The van der Waals surface area contributed by atoms with Crippen molar-refractivity contribution >= 4 is 34.8 Å². The van der Waals surface area contributed by atoms with E-state index in [9.17, 15) is 0 Å². The Bertz CT molecular complexity index is 784. The second-order valence-corrected chi connectivity index (χ2v) is 8.15. The third kappa shape index (κ3) is 5.42. The monoisotopic (exact) mass is 409 g/mol. The lowest BCUT2D eigenvalue weighted by Gasteiger charge is -2.26. The van der Waals surface area contributed by atoms with Gasteiger partial charge in [-0.15, -0.1) is 0 Å². The number of rotatable bonds is 7. The van der Waals surface area contributed by atoms with E-state index in [0.717, 1.165) is 22.6 Å². The van der Waals surface area contributed by atoms with Crippen molar-refractivity contribution < 1.29 is 9.15 Å². The summed E-state index contributed by atoms with van der Waals surface area (Å²) in [4.78, 5) is 0. The van der Waals surface area contributed by atoms with Gasteiger partial charge in [0.15, 0.2) is 0 Å². The van der Waals surface area contributed by atoms with Crippen LogP contribution in [0.5, 0.6) is 5.75 Å². The van der Waals surface area contributed by atoms with Crippen LogP contribution in [0.1, 0.15) is 22.9 Å². The molecule has 0 bridgehead atoms. The Morgan fingerprint density at radius 2 is 1.65 bits per heavy atom. The molecule has 3 nitrogen and oxygen atoms in total. The van der Waals surface area contributed by atoms with Crippen LogP contribution in [0.15, 0.2) is 77.4 Å². The molecule has 26 heavy (non-hydrogen) atoms. The van der Waals surface area contributed by atoms with Gasteiger partial charge in [0.05, 0.1) is 18.8 Å². The lowest BCUT2D eigenvalue weighted by Crippen LogP contribution is -2.31. The summed E-state index contributed by atoms with van der Waals surface area (Å²) in [6.07, 6.45) is 1.61. The molecule has 3 rings (SSSR count). The van der Waals surface area contributed by atoms with Gasteiger partial charge < -0.3 is 9.15 Å². The molecular weight excluding hydrogens is 393 g/mol. The number of hydrogen-bond donors (Lipinski definition) is 1. The minimum Gasteiger partial charge on any atom is -0.489 e. The lowest BCUT2D eigenvalue weighted by atomic mass is 10.1. The summed E-state index contributed by atoms with van der Waals surface area (Å²) in [5.41, 5.74) is 1.96. The molecule has 1 N–H and O–H groups in total. The molecule has 0 fully saturated rings. The first-order valence-corrected chi connectivity index (χ1v) is 9.25. The van der Waals surface area contributed by atoms with Gasteiger partial charge in [-0.25, -0.2) is 0 Å². The Balaban J connectivity index is 1.65. The first-order valence-electron chi connectivity index (χ1n) is 8.11. The number of alkyl halides is 3. The van der Waals surface area contributed by atoms with Crippen LogP contribution < -0.4 is 10.1 Å². The lowest BCUT2D eigenvalue weighted by molar-refractivity contribution is 0.306. The largest absolute Gasteiger partial charge is 0.489 e. The third-order valence-electron chi connectivity index (χ3n) is 3.85. The van der Waals surface area contributed by atoms with Gasteiger partial charge in [-0.2, -0.15) is 0 Å². The van der Waals surface area contributed by atoms with Gasteiger partial charge in [-0.3, -0.25) is 5.32 Å².